The smallest absolute Gasteiger partial charge is 0.251 e. The fourth-order valence-corrected chi connectivity index (χ4v) is 4.27. The summed E-state index contributed by atoms with van der Waals surface area (Å²) in [5, 5.41) is 3.33. The first kappa shape index (κ1) is 21.8. The van der Waals surface area contributed by atoms with E-state index in [9.17, 15) is 9.18 Å². The molecular formula is C22H31FN4O4. The van der Waals surface area contributed by atoms with Gasteiger partial charge in [0.2, 0.25) is 0 Å². The molecule has 0 bridgehead atoms. The number of carbonyl (C=O) groups is 1. The Balaban J connectivity index is 1.35. The number of benzene rings is 1. The van der Waals surface area contributed by atoms with E-state index in [1.165, 1.54) is 12.1 Å². The van der Waals surface area contributed by atoms with Crippen molar-refractivity contribution in [1.29, 1.82) is 0 Å². The minimum absolute atomic E-state index is 0.110. The van der Waals surface area contributed by atoms with Crippen molar-refractivity contribution in [2.24, 2.45) is 4.99 Å². The van der Waals surface area contributed by atoms with E-state index in [4.69, 9.17) is 19.2 Å². The summed E-state index contributed by atoms with van der Waals surface area (Å²) < 4.78 is 30.3. The summed E-state index contributed by atoms with van der Waals surface area (Å²) in [7, 11) is 0. The summed E-state index contributed by atoms with van der Waals surface area (Å²) in [5.41, 5.74) is 1.55. The zero-order valence-electron chi connectivity index (χ0n) is 18.1. The van der Waals surface area contributed by atoms with E-state index in [1.807, 2.05) is 11.8 Å². The van der Waals surface area contributed by atoms with Crippen molar-refractivity contribution in [3.63, 3.8) is 0 Å². The normalized spacial score (nSPS) is 21.6. The fourth-order valence-electron chi connectivity index (χ4n) is 4.27. The third kappa shape index (κ3) is 5.27. The summed E-state index contributed by atoms with van der Waals surface area (Å²) in [4.78, 5) is 21.4. The van der Waals surface area contributed by atoms with Crippen LogP contribution < -0.4 is 10.1 Å². The van der Waals surface area contributed by atoms with Crippen LogP contribution in [-0.2, 0) is 27.3 Å². The fraction of sp³-hybridized carbons (Fsp3) is 0.636. The predicted molar refractivity (Wildman–Crippen MR) is 113 cm³/mol. The van der Waals surface area contributed by atoms with Gasteiger partial charge in [-0.3, -0.25) is 9.79 Å². The Morgan fingerprint density at radius 1 is 1.26 bits per heavy atom. The molecule has 1 aromatic rings. The van der Waals surface area contributed by atoms with Crippen molar-refractivity contribution in [2.45, 2.75) is 38.9 Å². The first-order valence-corrected chi connectivity index (χ1v) is 11.1. The maximum atomic E-state index is 14.0. The Labute approximate surface area is 182 Å². The van der Waals surface area contributed by atoms with Gasteiger partial charge in [-0.15, -0.1) is 0 Å². The minimum atomic E-state index is -0.286. The van der Waals surface area contributed by atoms with E-state index in [-0.39, 0.29) is 24.6 Å². The third-order valence-electron chi connectivity index (χ3n) is 5.83. The van der Waals surface area contributed by atoms with E-state index in [2.05, 4.69) is 10.2 Å². The van der Waals surface area contributed by atoms with Gasteiger partial charge in [-0.05, 0) is 43.9 Å². The van der Waals surface area contributed by atoms with Crippen molar-refractivity contribution >= 4 is 11.9 Å². The van der Waals surface area contributed by atoms with Gasteiger partial charge < -0.3 is 29.3 Å². The number of hydrogen-bond acceptors (Lipinski definition) is 5. The predicted octanol–water partition coefficient (Wildman–Crippen LogP) is 1.52. The van der Waals surface area contributed by atoms with Crippen LogP contribution in [0.1, 0.15) is 30.9 Å². The Morgan fingerprint density at radius 3 is 2.81 bits per heavy atom. The molecule has 170 valence electrons. The molecule has 0 aliphatic carbocycles. The van der Waals surface area contributed by atoms with E-state index >= 15 is 0 Å². The Hall–Kier alpha value is -2.39. The lowest BCUT2D eigenvalue weighted by Gasteiger charge is -2.37. The molecule has 8 nitrogen and oxygen atoms in total. The summed E-state index contributed by atoms with van der Waals surface area (Å²) >= 11 is 0. The van der Waals surface area contributed by atoms with Gasteiger partial charge in [0.05, 0.1) is 6.61 Å². The van der Waals surface area contributed by atoms with Crippen LogP contribution in [0.5, 0.6) is 5.75 Å². The number of hydrogen-bond donors (Lipinski definition) is 1. The number of carbonyl (C=O) groups excluding carboxylic acids is 1. The van der Waals surface area contributed by atoms with E-state index in [1.54, 1.807) is 0 Å². The second kappa shape index (κ2) is 10.3. The number of halogens is 1. The van der Waals surface area contributed by atoms with Gasteiger partial charge in [0.1, 0.15) is 17.7 Å². The maximum absolute atomic E-state index is 14.0. The van der Waals surface area contributed by atoms with Crippen LogP contribution in [0.4, 0.5) is 4.39 Å². The van der Waals surface area contributed by atoms with Crippen LogP contribution in [0.15, 0.2) is 17.1 Å². The molecule has 2 saturated heterocycles. The van der Waals surface area contributed by atoms with Gasteiger partial charge in [0.15, 0.2) is 12.8 Å². The zero-order valence-corrected chi connectivity index (χ0v) is 18.1. The number of nitrogens with zero attached hydrogens (tertiary/aromatic N) is 3. The molecule has 3 aliphatic rings. The van der Waals surface area contributed by atoms with Crippen LogP contribution in [-0.4, -0.2) is 80.4 Å². The molecule has 4 rings (SSSR count). The standard InChI is InChI=1S/C22H31FN4O4/c1-2-24-22(27-9-7-26(8-10-27)21(28)19-4-3-11-30-19)25-6-5-16-12-18(23)13-17-14-29-15-31-20(16)17/h12-13,19H,2-11,14-15H2,1H3,(H,24,25). The molecule has 1 atom stereocenters. The van der Waals surface area contributed by atoms with Gasteiger partial charge in [-0.2, -0.15) is 0 Å². The summed E-state index contributed by atoms with van der Waals surface area (Å²) in [6, 6.07) is 2.98. The number of piperazine rings is 1. The first-order chi connectivity index (χ1) is 15.2. The van der Waals surface area contributed by atoms with Crippen molar-refractivity contribution in [2.75, 3.05) is 52.7 Å². The highest BCUT2D eigenvalue weighted by atomic mass is 19.1. The van der Waals surface area contributed by atoms with Gasteiger partial charge in [-0.25, -0.2) is 4.39 Å². The highest BCUT2D eigenvalue weighted by Gasteiger charge is 2.31. The van der Waals surface area contributed by atoms with Gasteiger partial charge >= 0.3 is 0 Å². The molecule has 0 saturated carbocycles. The Kier molecular flexibility index (Phi) is 7.24. The third-order valence-corrected chi connectivity index (χ3v) is 5.83. The van der Waals surface area contributed by atoms with Crippen molar-refractivity contribution in [1.82, 2.24) is 15.1 Å². The molecule has 1 aromatic carbocycles. The topological polar surface area (TPSA) is 75.6 Å². The molecule has 9 heteroatoms. The number of rotatable bonds is 5. The molecule has 1 N–H and O–H groups in total. The summed E-state index contributed by atoms with van der Waals surface area (Å²) in [6.07, 6.45) is 2.09. The molecule has 1 unspecified atom stereocenters. The number of nitrogens with one attached hydrogen (secondary N) is 1. The maximum Gasteiger partial charge on any atom is 0.251 e. The number of guanidine groups is 1. The van der Waals surface area contributed by atoms with Crippen LogP contribution in [0.25, 0.3) is 0 Å². The monoisotopic (exact) mass is 434 g/mol. The number of fused-ring (bicyclic) bond motifs is 1. The SMILES string of the molecule is CCNC(=NCCc1cc(F)cc2c1OCOC2)N1CCN(C(=O)C2CCCO2)CC1. The first-order valence-electron chi connectivity index (χ1n) is 11.1. The van der Waals surface area contributed by atoms with Crippen molar-refractivity contribution in [3.8, 4) is 5.75 Å². The summed E-state index contributed by atoms with van der Waals surface area (Å²) in [5.74, 6) is 1.36. The average molecular weight is 435 g/mol. The number of ether oxygens (including phenoxy) is 3. The summed E-state index contributed by atoms with van der Waals surface area (Å²) in [6.45, 7) is 7.29. The highest BCUT2D eigenvalue weighted by molar-refractivity contribution is 5.82. The van der Waals surface area contributed by atoms with Crippen molar-refractivity contribution in [3.05, 3.63) is 29.1 Å². The van der Waals surface area contributed by atoms with Gasteiger partial charge in [0.25, 0.3) is 5.91 Å². The van der Waals surface area contributed by atoms with Crippen LogP contribution in [0, 0.1) is 5.82 Å². The zero-order chi connectivity index (χ0) is 21.6. The van der Waals surface area contributed by atoms with Crippen LogP contribution >= 0.6 is 0 Å². The van der Waals surface area contributed by atoms with Crippen LogP contribution in [0.2, 0.25) is 0 Å². The van der Waals surface area contributed by atoms with Gasteiger partial charge in [-0.1, -0.05) is 0 Å². The largest absolute Gasteiger partial charge is 0.467 e. The second-order valence-electron chi connectivity index (χ2n) is 7.96. The molecule has 2 fully saturated rings. The molecule has 0 aromatic heterocycles. The van der Waals surface area contributed by atoms with Crippen molar-refractivity contribution < 1.29 is 23.4 Å². The number of aliphatic imine (C=N–C) groups is 1. The van der Waals surface area contributed by atoms with Crippen LogP contribution in [0.3, 0.4) is 0 Å². The Morgan fingerprint density at radius 2 is 2.06 bits per heavy atom. The van der Waals surface area contributed by atoms with E-state index < -0.39 is 0 Å². The number of amides is 1. The molecule has 3 heterocycles. The Bertz CT molecular complexity index is 805. The minimum Gasteiger partial charge on any atom is -0.467 e. The average Bonchev–Trinajstić information content (AvgIpc) is 3.33. The lowest BCUT2D eigenvalue weighted by atomic mass is 10.1. The lowest BCUT2D eigenvalue weighted by molar-refractivity contribution is -0.142. The molecule has 3 aliphatic heterocycles. The molecular weight excluding hydrogens is 403 g/mol. The van der Waals surface area contributed by atoms with E-state index in [0.717, 1.165) is 49.6 Å². The van der Waals surface area contributed by atoms with E-state index in [0.29, 0.717) is 45.0 Å². The highest BCUT2D eigenvalue weighted by Crippen LogP contribution is 2.29. The quantitative estimate of drug-likeness (QED) is 0.560. The molecule has 31 heavy (non-hydrogen) atoms. The lowest BCUT2D eigenvalue weighted by Crippen LogP contribution is -2.55. The molecule has 0 radical (unpaired) electrons. The van der Waals surface area contributed by atoms with Gasteiger partial charge in [0, 0.05) is 51.4 Å². The molecule has 1 amide bonds. The molecule has 0 spiro atoms. The second-order valence-corrected chi connectivity index (χ2v) is 7.96.